The highest BCUT2D eigenvalue weighted by atomic mass is 32.2. The predicted molar refractivity (Wildman–Crippen MR) is 106 cm³/mol. The van der Waals surface area contributed by atoms with Crippen molar-refractivity contribution in [3.63, 3.8) is 0 Å². The van der Waals surface area contributed by atoms with Crippen LogP contribution in [0.25, 0.3) is 0 Å². The van der Waals surface area contributed by atoms with E-state index in [1.165, 1.54) is 11.8 Å². The molecule has 27 heavy (non-hydrogen) atoms. The third-order valence-corrected chi connectivity index (χ3v) is 4.56. The van der Waals surface area contributed by atoms with Gasteiger partial charge < -0.3 is 19.5 Å². The molecule has 0 unspecified atom stereocenters. The van der Waals surface area contributed by atoms with Gasteiger partial charge >= 0.3 is 0 Å². The molecule has 1 aliphatic heterocycles. The number of nitrogens with zero attached hydrogens (tertiary/aromatic N) is 2. The third-order valence-electron chi connectivity index (χ3n) is 3.70. The molecule has 0 aliphatic carbocycles. The highest BCUT2D eigenvalue weighted by Crippen LogP contribution is 2.28. The van der Waals surface area contributed by atoms with Crippen molar-refractivity contribution in [1.29, 1.82) is 0 Å². The number of ether oxygens (including phenoxy) is 3. The van der Waals surface area contributed by atoms with E-state index < -0.39 is 0 Å². The molecular formula is C19H19N3O4S. The van der Waals surface area contributed by atoms with Crippen molar-refractivity contribution in [3.05, 3.63) is 53.6 Å². The number of amides is 1. The summed E-state index contributed by atoms with van der Waals surface area (Å²) in [5.74, 6) is 2.35. The van der Waals surface area contributed by atoms with Crippen LogP contribution in [0.1, 0.15) is 11.1 Å². The number of rotatable bonds is 7. The Kier molecular flexibility index (Phi) is 6.32. The second-order valence-electron chi connectivity index (χ2n) is 5.50. The van der Waals surface area contributed by atoms with Crippen LogP contribution in [-0.4, -0.2) is 37.3 Å². The zero-order chi connectivity index (χ0) is 19.1. The maximum Gasteiger partial charge on any atom is 0.236 e. The molecule has 0 radical (unpaired) electrons. The maximum absolute atomic E-state index is 11.1. The van der Waals surface area contributed by atoms with E-state index in [2.05, 4.69) is 15.5 Å². The Morgan fingerprint density at radius 3 is 2.59 bits per heavy atom. The molecule has 1 amide bonds. The van der Waals surface area contributed by atoms with E-state index in [0.29, 0.717) is 34.8 Å². The first-order valence-corrected chi connectivity index (χ1v) is 9.14. The fourth-order valence-corrected chi connectivity index (χ4v) is 3.04. The molecule has 0 aromatic heterocycles. The molecule has 1 fully saturated rings. The molecule has 8 heteroatoms. The minimum absolute atomic E-state index is 0.0610. The molecule has 1 heterocycles. The van der Waals surface area contributed by atoms with Crippen LogP contribution in [0.15, 0.2) is 52.7 Å². The van der Waals surface area contributed by atoms with Gasteiger partial charge in [-0.05, 0) is 35.9 Å². The number of methoxy groups -OCH3 is 2. The van der Waals surface area contributed by atoms with Gasteiger partial charge in [0, 0.05) is 5.56 Å². The van der Waals surface area contributed by atoms with Gasteiger partial charge in [0.25, 0.3) is 0 Å². The number of thioether (sulfide) groups is 1. The average molecular weight is 385 g/mol. The van der Waals surface area contributed by atoms with Crippen LogP contribution in [0.2, 0.25) is 0 Å². The van der Waals surface area contributed by atoms with E-state index in [1.54, 1.807) is 20.4 Å². The van der Waals surface area contributed by atoms with E-state index in [9.17, 15) is 4.79 Å². The Morgan fingerprint density at radius 2 is 1.89 bits per heavy atom. The van der Waals surface area contributed by atoms with E-state index in [0.717, 1.165) is 11.1 Å². The summed E-state index contributed by atoms with van der Waals surface area (Å²) in [7, 11) is 3.22. The SMILES string of the molecule is COc1ccc(C=NN=C2NC(=O)CS2)cc1COc1ccccc1OC. The second-order valence-corrected chi connectivity index (χ2v) is 6.46. The lowest BCUT2D eigenvalue weighted by molar-refractivity contribution is -0.116. The molecule has 0 atom stereocenters. The largest absolute Gasteiger partial charge is 0.496 e. The summed E-state index contributed by atoms with van der Waals surface area (Å²) in [5.41, 5.74) is 1.71. The number of nitrogens with one attached hydrogen (secondary N) is 1. The van der Waals surface area contributed by atoms with Crippen LogP contribution in [0.3, 0.4) is 0 Å². The number of hydrogen-bond donors (Lipinski definition) is 1. The number of amidine groups is 1. The summed E-state index contributed by atoms with van der Waals surface area (Å²) >= 11 is 1.33. The lowest BCUT2D eigenvalue weighted by Gasteiger charge is -2.13. The molecule has 0 spiro atoms. The number of benzene rings is 2. The van der Waals surface area contributed by atoms with Crippen LogP contribution < -0.4 is 19.5 Å². The van der Waals surface area contributed by atoms with Gasteiger partial charge in [-0.1, -0.05) is 23.9 Å². The van der Waals surface area contributed by atoms with Gasteiger partial charge in [-0.3, -0.25) is 4.79 Å². The van der Waals surface area contributed by atoms with Crippen molar-refractivity contribution < 1.29 is 19.0 Å². The van der Waals surface area contributed by atoms with Gasteiger partial charge in [0.15, 0.2) is 16.7 Å². The fraction of sp³-hybridized carbons (Fsp3) is 0.211. The lowest BCUT2D eigenvalue weighted by Crippen LogP contribution is -2.19. The Labute approximate surface area is 161 Å². The zero-order valence-electron chi connectivity index (χ0n) is 15.0. The number of hydrogen-bond acceptors (Lipinski definition) is 7. The normalized spacial score (nSPS) is 15.2. The van der Waals surface area contributed by atoms with Crippen LogP contribution in [0, 0.1) is 0 Å². The summed E-state index contributed by atoms with van der Waals surface area (Å²) in [6.07, 6.45) is 1.62. The minimum atomic E-state index is -0.0610. The molecule has 3 rings (SSSR count). The van der Waals surface area contributed by atoms with Crippen molar-refractivity contribution in [2.24, 2.45) is 10.2 Å². The van der Waals surface area contributed by atoms with E-state index in [1.807, 2.05) is 42.5 Å². The van der Waals surface area contributed by atoms with Crippen LogP contribution >= 0.6 is 11.8 Å². The van der Waals surface area contributed by atoms with Crippen molar-refractivity contribution in [2.45, 2.75) is 6.61 Å². The van der Waals surface area contributed by atoms with E-state index in [4.69, 9.17) is 14.2 Å². The van der Waals surface area contributed by atoms with Gasteiger partial charge in [0.1, 0.15) is 12.4 Å². The monoisotopic (exact) mass is 385 g/mol. The topological polar surface area (TPSA) is 81.5 Å². The summed E-state index contributed by atoms with van der Waals surface area (Å²) in [4.78, 5) is 11.1. The standard InChI is InChI=1S/C19H19N3O4S/c1-24-15-8-7-13(10-20-22-19-21-18(23)12-27-19)9-14(15)11-26-17-6-4-3-5-16(17)25-2/h3-10H,11-12H2,1-2H3,(H,21,22,23). The zero-order valence-corrected chi connectivity index (χ0v) is 15.8. The van der Waals surface area contributed by atoms with Crippen LogP contribution in [0.5, 0.6) is 17.2 Å². The van der Waals surface area contributed by atoms with Gasteiger partial charge in [0.05, 0.1) is 26.2 Å². The van der Waals surface area contributed by atoms with E-state index >= 15 is 0 Å². The summed E-state index contributed by atoms with van der Waals surface area (Å²) in [6, 6.07) is 13.1. The summed E-state index contributed by atoms with van der Waals surface area (Å²) in [5, 5.41) is 11.2. The van der Waals surface area contributed by atoms with Crippen LogP contribution in [0.4, 0.5) is 0 Å². The fourth-order valence-electron chi connectivity index (χ4n) is 2.41. The van der Waals surface area contributed by atoms with Crippen molar-refractivity contribution >= 4 is 29.1 Å². The minimum Gasteiger partial charge on any atom is -0.496 e. The first-order chi connectivity index (χ1) is 13.2. The summed E-state index contributed by atoms with van der Waals surface area (Å²) in [6.45, 7) is 0.311. The van der Waals surface area contributed by atoms with Gasteiger partial charge in [-0.15, -0.1) is 5.10 Å². The number of carbonyl (C=O) groups excluding carboxylic acids is 1. The quantitative estimate of drug-likeness (QED) is 0.585. The number of carbonyl (C=O) groups is 1. The lowest BCUT2D eigenvalue weighted by atomic mass is 10.1. The van der Waals surface area contributed by atoms with Crippen molar-refractivity contribution in [3.8, 4) is 17.2 Å². The second kappa shape index (κ2) is 9.09. The molecule has 140 valence electrons. The molecule has 0 saturated carbocycles. The molecule has 7 nitrogen and oxygen atoms in total. The molecule has 0 bridgehead atoms. The average Bonchev–Trinajstić information content (AvgIpc) is 3.11. The molecule has 1 aliphatic rings. The Bertz CT molecular complexity index is 883. The smallest absolute Gasteiger partial charge is 0.236 e. The van der Waals surface area contributed by atoms with Crippen molar-refractivity contribution in [1.82, 2.24) is 5.32 Å². The van der Waals surface area contributed by atoms with Gasteiger partial charge in [0.2, 0.25) is 5.91 Å². The summed E-state index contributed by atoms with van der Waals surface area (Å²) < 4.78 is 16.6. The molecule has 2 aromatic carbocycles. The third kappa shape index (κ3) is 5.01. The van der Waals surface area contributed by atoms with Gasteiger partial charge in [-0.25, -0.2) is 0 Å². The Morgan fingerprint density at radius 1 is 1.11 bits per heavy atom. The molecular weight excluding hydrogens is 366 g/mol. The Balaban J connectivity index is 1.72. The highest BCUT2D eigenvalue weighted by Gasteiger charge is 2.16. The molecule has 1 N–H and O–H groups in total. The van der Waals surface area contributed by atoms with Crippen LogP contribution in [-0.2, 0) is 11.4 Å². The maximum atomic E-state index is 11.1. The first-order valence-electron chi connectivity index (χ1n) is 8.16. The molecule has 1 saturated heterocycles. The van der Waals surface area contributed by atoms with Gasteiger partial charge in [-0.2, -0.15) is 5.10 Å². The van der Waals surface area contributed by atoms with Crippen molar-refractivity contribution in [2.75, 3.05) is 20.0 Å². The number of para-hydroxylation sites is 2. The molecule has 2 aromatic rings. The Hall–Kier alpha value is -3.00. The highest BCUT2D eigenvalue weighted by molar-refractivity contribution is 8.15. The predicted octanol–water partition coefficient (Wildman–Crippen LogP) is 2.84. The first kappa shape index (κ1) is 18.8. The van der Waals surface area contributed by atoms with E-state index in [-0.39, 0.29) is 5.91 Å².